The van der Waals surface area contributed by atoms with Gasteiger partial charge in [0, 0.05) is 27.0 Å². The number of nitrogens with zero attached hydrogens (tertiary/aromatic N) is 1. The topological polar surface area (TPSA) is 50.9 Å². The van der Waals surface area contributed by atoms with Crippen LogP contribution >= 0.6 is 27.3 Å². The molecule has 1 atom stereocenters. The lowest BCUT2D eigenvalue weighted by molar-refractivity contribution is 0.602. The third kappa shape index (κ3) is 3.06. The van der Waals surface area contributed by atoms with Crippen LogP contribution in [0.25, 0.3) is 0 Å². The van der Waals surface area contributed by atoms with Crippen LogP contribution < -0.4 is 11.1 Å². The number of thiophene rings is 1. The van der Waals surface area contributed by atoms with Crippen LogP contribution in [-0.2, 0) is 6.42 Å². The van der Waals surface area contributed by atoms with Crippen LogP contribution in [0.3, 0.4) is 0 Å². The summed E-state index contributed by atoms with van der Waals surface area (Å²) >= 11 is 5.21. The molecule has 0 aliphatic carbocycles. The van der Waals surface area contributed by atoms with Crippen molar-refractivity contribution in [3.63, 3.8) is 0 Å². The third-order valence-electron chi connectivity index (χ3n) is 2.63. The van der Waals surface area contributed by atoms with Crippen molar-refractivity contribution in [3.8, 4) is 0 Å². The molecule has 2 heterocycles. The van der Waals surface area contributed by atoms with E-state index in [-0.39, 0.29) is 6.04 Å². The Hall–Kier alpha value is -0.910. The van der Waals surface area contributed by atoms with Crippen molar-refractivity contribution in [1.82, 2.24) is 10.3 Å². The largest absolute Gasteiger partial charge is 0.383 e. The van der Waals surface area contributed by atoms with Crippen LogP contribution in [0.2, 0.25) is 0 Å². The van der Waals surface area contributed by atoms with Crippen molar-refractivity contribution in [2.75, 3.05) is 12.8 Å². The highest BCUT2D eigenvalue weighted by molar-refractivity contribution is 9.10. The van der Waals surface area contributed by atoms with Crippen LogP contribution in [0.1, 0.15) is 16.5 Å². The maximum absolute atomic E-state index is 5.86. The van der Waals surface area contributed by atoms with Gasteiger partial charge in [0.2, 0.25) is 0 Å². The molecule has 2 aromatic heterocycles. The van der Waals surface area contributed by atoms with Crippen molar-refractivity contribution in [2.24, 2.45) is 0 Å². The summed E-state index contributed by atoms with van der Waals surface area (Å²) in [5, 5.41) is 5.40. The normalized spacial score (nSPS) is 12.6. The molecular weight excluding hydrogens is 298 g/mol. The predicted octanol–water partition coefficient (Wildman–Crippen LogP) is 2.99. The molecule has 0 bridgehead atoms. The first-order valence-corrected chi connectivity index (χ1v) is 6.98. The Labute approximate surface area is 113 Å². The van der Waals surface area contributed by atoms with E-state index < -0.39 is 0 Å². The molecule has 0 aliphatic rings. The van der Waals surface area contributed by atoms with Gasteiger partial charge in [-0.1, -0.05) is 6.07 Å². The molecule has 0 aliphatic heterocycles. The Balaban J connectivity index is 2.18. The van der Waals surface area contributed by atoms with Gasteiger partial charge in [0.25, 0.3) is 0 Å². The second kappa shape index (κ2) is 5.62. The smallest absolute Gasteiger partial charge is 0.126 e. The lowest BCUT2D eigenvalue weighted by atomic mass is 10.1. The van der Waals surface area contributed by atoms with E-state index in [4.69, 9.17) is 5.73 Å². The van der Waals surface area contributed by atoms with Gasteiger partial charge in [-0.2, -0.15) is 0 Å². The monoisotopic (exact) mass is 311 g/mol. The molecule has 0 fully saturated rings. The molecule has 17 heavy (non-hydrogen) atoms. The van der Waals surface area contributed by atoms with Crippen molar-refractivity contribution in [2.45, 2.75) is 12.5 Å². The van der Waals surface area contributed by atoms with Gasteiger partial charge in [0.05, 0.1) is 0 Å². The number of nitrogens with two attached hydrogens (primary N) is 1. The zero-order valence-electron chi connectivity index (χ0n) is 9.48. The Bertz CT molecular complexity index is 498. The van der Waals surface area contributed by atoms with Crippen molar-refractivity contribution in [1.29, 1.82) is 0 Å². The number of nitrogen functional groups attached to an aromatic ring is 1. The number of hydrogen-bond acceptors (Lipinski definition) is 4. The van der Waals surface area contributed by atoms with Crippen LogP contribution in [0.15, 0.2) is 34.2 Å². The number of rotatable bonds is 4. The van der Waals surface area contributed by atoms with Crippen molar-refractivity contribution < 1.29 is 0 Å². The summed E-state index contributed by atoms with van der Waals surface area (Å²) in [4.78, 5) is 5.40. The summed E-state index contributed by atoms with van der Waals surface area (Å²) < 4.78 is 1.12. The molecule has 0 spiro atoms. The van der Waals surface area contributed by atoms with Gasteiger partial charge in [-0.05, 0) is 47.1 Å². The molecule has 0 radical (unpaired) electrons. The summed E-state index contributed by atoms with van der Waals surface area (Å²) in [5.41, 5.74) is 6.94. The fourth-order valence-electron chi connectivity index (χ4n) is 1.70. The van der Waals surface area contributed by atoms with Crippen molar-refractivity contribution >= 4 is 33.1 Å². The van der Waals surface area contributed by atoms with Gasteiger partial charge in [-0.3, -0.25) is 0 Å². The van der Waals surface area contributed by atoms with E-state index in [2.05, 4.69) is 37.7 Å². The SMILES string of the molecule is CNC(Cc1cccnc1N)c1cc(Br)cs1. The zero-order chi connectivity index (χ0) is 12.3. The Morgan fingerprint density at radius 1 is 1.59 bits per heavy atom. The summed E-state index contributed by atoms with van der Waals surface area (Å²) in [6.45, 7) is 0. The summed E-state index contributed by atoms with van der Waals surface area (Å²) in [5.74, 6) is 0.614. The highest BCUT2D eigenvalue weighted by Gasteiger charge is 2.13. The van der Waals surface area contributed by atoms with Gasteiger partial charge >= 0.3 is 0 Å². The van der Waals surface area contributed by atoms with Gasteiger partial charge in [0.1, 0.15) is 5.82 Å². The number of likely N-dealkylation sites (N-methyl/N-ethyl adjacent to an activating group) is 1. The Kier molecular flexibility index (Phi) is 4.15. The molecule has 0 amide bonds. The predicted molar refractivity (Wildman–Crippen MR) is 76.2 cm³/mol. The van der Waals surface area contributed by atoms with Gasteiger partial charge in [-0.15, -0.1) is 11.3 Å². The molecule has 0 aromatic carbocycles. The molecule has 3 nitrogen and oxygen atoms in total. The lowest BCUT2D eigenvalue weighted by Crippen LogP contribution is -2.18. The Morgan fingerprint density at radius 2 is 2.41 bits per heavy atom. The molecule has 5 heteroatoms. The van der Waals surface area contributed by atoms with E-state index in [1.165, 1.54) is 4.88 Å². The van der Waals surface area contributed by atoms with E-state index in [9.17, 15) is 0 Å². The highest BCUT2D eigenvalue weighted by atomic mass is 79.9. The average molecular weight is 312 g/mol. The first-order chi connectivity index (χ1) is 8.20. The van der Waals surface area contributed by atoms with Gasteiger partial charge in [0.15, 0.2) is 0 Å². The van der Waals surface area contributed by atoms with E-state index in [0.29, 0.717) is 5.82 Å². The summed E-state index contributed by atoms with van der Waals surface area (Å²) in [6, 6.07) is 6.36. The number of anilines is 1. The molecular formula is C12H14BrN3S. The quantitative estimate of drug-likeness (QED) is 0.912. The minimum Gasteiger partial charge on any atom is -0.383 e. The van der Waals surface area contributed by atoms with Crippen molar-refractivity contribution in [3.05, 3.63) is 44.7 Å². The van der Waals surface area contributed by atoms with Gasteiger partial charge in [-0.25, -0.2) is 4.98 Å². The van der Waals surface area contributed by atoms with Crippen LogP contribution in [-0.4, -0.2) is 12.0 Å². The van der Waals surface area contributed by atoms with Crippen LogP contribution in [0.5, 0.6) is 0 Å². The average Bonchev–Trinajstić information content (AvgIpc) is 2.75. The zero-order valence-corrected chi connectivity index (χ0v) is 11.9. The van der Waals surface area contributed by atoms with E-state index in [1.807, 2.05) is 19.2 Å². The third-order valence-corrected chi connectivity index (χ3v) is 4.44. The molecule has 0 saturated heterocycles. The maximum atomic E-state index is 5.86. The van der Waals surface area contributed by atoms with E-state index in [1.54, 1.807) is 17.5 Å². The van der Waals surface area contributed by atoms with Crippen LogP contribution in [0, 0.1) is 0 Å². The van der Waals surface area contributed by atoms with Crippen LogP contribution in [0.4, 0.5) is 5.82 Å². The molecule has 3 N–H and O–H groups in total. The lowest BCUT2D eigenvalue weighted by Gasteiger charge is -2.15. The summed E-state index contributed by atoms with van der Waals surface area (Å²) in [7, 11) is 1.96. The maximum Gasteiger partial charge on any atom is 0.126 e. The fraction of sp³-hybridized carbons (Fsp3) is 0.250. The number of nitrogens with one attached hydrogen (secondary N) is 1. The second-order valence-corrected chi connectivity index (χ2v) is 5.62. The minimum atomic E-state index is 0.276. The summed E-state index contributed by atoms with van der Waals surface area (Å²) in [6.07, 6.45) is 2.57. The second-order valence-electron chi connectivity index (χ2n) is 3.76. The first kappa shape index (κ1) is 12.5. The first-order valence-electron chi connectivity index (χ1n) is 5.31. The molecule has 1 unspecified atom stereocenters. The fourth-order valence-corrected chi connectivity index (χ4v) is 3.25. The molecule has 2 rings (SSSR count). The molecule has 0 saturated carbocycles. The standard InChI is InChI=1S/C12H14BrN3S/c1-15-10(11-6-9(13)7-17-11)5-8-3-2-4-16-12(8)14/h2-4,6-7,10,15H,5H2,1H3,(H2,14,16). The Morgan fingerprint density at radius 3 is 3.00 bits per heavy atom. The number of aromatic nitrogens is 1. The minimum absolute atomic E-state index is 0.276. The van der Waals surface area contributed by atoms with E-state index in [0.717, 1.165) is 16.5 Å². The van der Waals surface area contributed by atoms with E-state index >= 15 is 0 Å². The number of pyridine rings is 1. The number of hydrogen-bond donors (Lipinski definition) is 2. The molecule has 90 valence electrons. The molecule has 2 aromatic rings. The van der Waals surface area contributed by atoms with Gasteiger partial charge < -0.3 is 11.1 Å². The highest BCUT2D eigenvalue weighted by Crippen LogP contribution is 2.28. The number of halogens is 1.